The molecule has 1 amide bonds. The van der Waals surface area contributed by atoms with Crippen molar-refractivity contribution in [2.24, 2.45) is 5.92 Å². The number of sulfonamides is 1. The standard InChI is InChI=1S/C25H32N2O6S/c1-18(20-5-6-20)27(21-7-9-22(31-2)10-8-21)25(28)17-19-4-11-23(32-3)24(16-19)34(29,30)26-12-14-33-15-13-26/h4,7-11,16,18,20H,5-6,12-15,17H2,1-3H3. The highest BCUT2D eigenvalue weighted by Crippen LogP contribution is 2.38. The van der Waals surface area contributed by atoms with Crippen LogP contribution >= 0.6 is 0 Å². The molecule has 0 spiro atoms. The molecule has 2 aromatic rings. The van der Waals surface area contributed by atoms with Crippen molar-refractivity contribution in [3.05, 3.63) is 48.0 Å². The van der Waals surface area contributed by atoms with Crippen molar-refractivity contribution in [2.75, 3.05) is 45.4 Å². The number of amides is 1. The molecule has 184 valence electrons. The summed E-state index contributed by atoms with van der Waals surface area (Å²) in [5.41, 5.74) is 1.43. The van der Waals surface area contributed by atoms with Crippen LogP contribution in [-0.2, 0) is 26.0 Å². The maximum absolute atomic E-state index is 13.5. The molecule has 2 fully saturated rings. The Morgan fingerprint density at radius 3 is 2.35 bits per heavy atom. The lowest BCUT2D eigenvalue weighted by Gasteiger charge is -2.30. The van der Waals surface area contributed by atoms with Crippen molar-refractivity contribution in [2.45, 2.75) is 37.1 Å². The van der Waals surface area contributed by atoms with Crippen LogP contribution in [0.5, 0.6) is 11.5 Å². The van der Waals surface area contributed by atoms with Gasteiger partial charge in [0.1, 0.15) is 16.4 Å². The van der Waals surface area contributed by atoms with Gasteiger partial charge >= 0.3 is 0 Å². The minimum absolute atomic E-state index is 0.0516. The molecule has 1 saturated carbocycles. The smallest absolute Gasteiger partial charge is 0.246 e. The van der Waals surface area contributed by atoms with Crippen LogP contribution < -0.4 is 14.4 Å². The first-order valence-electron chi connectivity index (χ1n) is 11.6. The van der Waals surface area contributed by atoms with Crippen LogP contribution in [0.1, 0.15) is 25.3 Å². The molecule has 34 heavy (non-hydrogen) atoms. The van der Waals surface area contributed by atoms with Gasteiger partial charge in [-0.3, -0.25) is 4.79 Å². The normalized spacial score (nSPS) is 17.7. The number of methoxy groups -OCH3 is 2. The van der Waals surface area contributed by atoms with Gasteiger partial charge in [0.15, 0.2) is 0 Å². The number of carbonyl (C=O) groups excluding carboxylic acids is 1. The Balaban J connectivity index is 1.62. The lowest BCUT2D eigenvalue weighted by Crippen LogP contribution is -2.41. The second kappa shape index (κ2) is 10.3. The third-order valence-electron chi connectivity index (χ3n) is 6.50. The van der Waals surface area contributed by atoms with Crippen LogP contribution in [0.3, 0.4) is 0 Å². The van der Waals surface area contributed by atoms with E-state index >= 15 is 0 Å². The lowest BCUT2D eigenvalue weighted by atomic mass is 10.1. The van der Waals surface area contributed by atoms with Gasteiger partial charge in [0.25, 0.3) is 0 Å². The van der Waals surface area contributed by atoms with Crippen LogP contribution in [0.15, 0.2) is 47.4 Å². The van der Waals surface area contributed by atoms with Gasteiger partial charge in [-0.05, 0) is 67.6 Å². The van der Waals surface area contributed by atoms with Crippen molar-refractivity contribution < 1.29 is 27.4 Å². The van der Waals surface area contributed by atoms with Gasteiger partial charge in [0.05, 0.1) is 33.9 Å². The Kier molecular flexibility index (Phi) is 7.45. The maximum Gasteiger partial charge on any atom is 0.246 e. The Bertz CT molecular complexity index is 1110. The first kappa shape index (κ1) is 24.5. The highest BCUT2D eigenvalue weighted by molar-refractivity contribution is 7.89. The molecule has 1 heterocycles. The molecular formula is C25H32N2O6S. The number of anilines is 1. The van der Waals surface area contributed by atoms with Crippen LogP contribution in [0.4, 0.5) is 5.69 Å². The maximum atomic E-state index is 13.5. The van der Waals surface area contributed by atoms with E-state index < -0.39 is 10.0 Å². The van der Waals surface area contributed by atoms with E-state index in [0.717, 1.165) is 24.3 Å². The van der Waals surface area contributed by atoms with E-state index in [1.54, 1.807) is 25.3 Å². The molecule has 1 atom stereocenters. The zero-order valence-corrected chi connectivity index (χ0v) is 20.7. The van der Waals surface area contributed by atoms with E-state index in [1.807, 2.05) is 29.2 Å². The van der Waals surface area contributed by atoms with Crippen molar-refractivity contribution in [1.29, 1.82) is 0 Å². The number of rotatable bonds is 9. The summed E-state index contributed by atoms with van der Waals surface area (Å²) in [6.45, 7) is 3.37. The van der Waals surface area contributed by atoms with Gasteiger partial charge in [0, 0.05) is 24.8 Å². The number of ether oxygens (including phenoxy) is 3. The fourth-order valence-corrected chi connectivity index (χ4v) is 5.97. The number of benzene rings is 2. The average molecular weight is 489 g/mol. The summed E-state index contributed by atoms with van der Waals surface area (Å²) in [5.74, 6) is 1.38. The largest absolute Gasteiger partial charge is 0.497 e. The third-order valence-corrected chi connectivity index (χ3v) is 8.42. The second-order valence-electron chi connectivity index (χ2n) is 8.72. The van der Waals surface area contributed by atoms with E-state index in [0.29, 0.717) is 37.8 Å². The van der Waals surface area contributed by atoms with E-state index in [-0.39, 0.29) is 29.0 Å². The summed E-state index contributed by atoms with van der Waals surface area (Å²) in [7, 11) is -0.720. The predicted octanol–water partition coefficient (Wildman–Crippen LogP) is 3.10. The number of hydrogen-bond donors (Lipinski definition) is 0. The van der Waals surface area contributed by atoms with Crippen LogP contribution in [0, 0.1) is 5.92 Å². The Morgan fingerprint density at radius 1 is 1.09 bits per heavy atom. The molecule has 1 unspecified atom stereocenters. The van der Waals surface area contributed by atoms with Gasteiger partial charge in [-0.1, -0.05) is 6.07 Å². The van der Waals surface area contributed by atoms with Crippen LogP contribution in [0.25, 0.3) is 0 Å². The monoisotopic (exact) mass is 488 g/mol. The van der Waals surface area contributed by atoms with Gasteiger partial charge in [-0.2, -0.15) is 4.31 Å². The van der Waals surface area contributed by atoms with Gasteiger partial charge in [0.2, 0.25) is 15.9 Å². The quantitative estimate of drug-likeness (QED) is 0.539. The first-order chi connectivity index (χ1) is 16.3. The van der Waals surface area contributed by atoms with Gasteiger partial charge in [-0.25, -0.2) is 8.42 Å². The Labute approximate surface area is 201 Å². The zero-order chi connectivity index (χ0) is 24.3. The molecule has 0 radical (unpaired) electrons. The summed E-state index contributed by atoms with van der Waals surface area (Å²) < 4.78 is 43.9. The summed E-state index contributed by atoms with van der Waals surface area (Å²) in [6.07, 6.45) is 2.29. The fraction of sp³-hybridized carbons (Fsp3) is 0.480. The van der Waals surface area contributed by atoms with E-state index in [2.05, 4.69) is 6.92 Å². The molecule has 1 saturated heterocycles. The number of carbonyl (C=O) groups is 1. The molecular weight excluding hydrogens is 456 g/mol. The second-order valence-corrected chi connectivity index (χ2v) is 10.6. The lowest BCUT2D eigenvalue weighted by molar-refractivity contribution is -0.118. The van der Waals surface area contributed by atoms with E-state index in [1.165, 1.54) is 11.4 Å². The summed E-state index contributed by atoms with van der Waals surface area (Å²) in [4.78, 5) is 15.5. The first-order valence-corrected chi connectivity index (χ1v) is 13.0. The number of nitrogens with zero attached hydrogens (tertiary/aromatic N) is 2. The molecule has 9 heteroatoms. The molecule has 0 aromatic heterocycles. The molecule has 1 aliphatic carbocycles. The number of hydrogen-bond acceptors (Lipinski definition) is 6. The van der Waals surface area contributed by atoms with Gasteiger partial charge < -0.3 is 19.1 Å². The topological polar surface area (TPSA) is 85.4 Å². The Morgan fingerprint density at radius 2 is 1.76 bits per heavy atom. The van der Waals surface area contributed by atoms with Gasteiger partial charge in [-0.15, -0.1) is 0 Å². The molecule has 2 aromatic carbocycles. The van der Waals surface area contributed by atoms with Crippen molar-refractivity contribution in [1.82, 2.24) is 4.31 Å². The minimum Gasteiger partial charge on any atom is -0.497 e. The summed E-state index contributed by atoms with van der Waals surface area (Å²) in [5, 5.41) is 0. The predicted molar refractivity (Wildman–Crippen MR) is 129 cm³/mol. The average Bonchev–Trinajstić information content (AvgIpc) is 3.71. The summed E-state index contributed by atoms with van der Waals surface area (Å²) >= 11 is 0. The summed E-state index contributed by atoms with van der Waals surface area (Å²) in [6, 6.07) is 12.5. The minimum atomic E-state index is -3.77. The van der Waals surface area contributed by atoms with Crippen molar-refractivity contribution in [3.8, 4) is 11.5 Å². The van der Waals surface area contributed by atoms with Crippen molar-refractivity contribution >= 4 is 21.6 Å². The SMILES string of the molecule is COc1ccc(N(C(=O)Cc2ccc(OC)c(S(=O)(=O)N3CCOCC3)c2)C(C)C2CC2)cc1. The van der Waals surface area contributed by atoms with E-state index in [4.69, 9.17) is 14.2 Å². The van der Waals surface area contributed by atoms with Crippen LogP contribution in [-0.4, -0.2) is 65.2 Å². The number of morpholine rings is 1. The third kappa shape index (κ3) is 5.21. The highest BCUT2D eigenvalue weighted by atomic mass is 32.2. The molecule has 8 nitrogen and oxygen atoms in total. The molecule has 0 N–H and O–H groups in total. The zero-order valence-electron chi connectivity index (χ0n) is 19.9. The fourth-order valence-electron chi connectivity index (χ4n) is 4.36. The molecule has 4 rings (SSSR count). The highest BCUT2D eigenvalue weighted by Gasteiger charge is 2.35. The Hall–Kier alpha value is -2.62. The molecule has 1 aliphatic heterocycles. The molecule has 0 bridgehead atoms. The van der Waals surface area contributed by atoms with Crippen LogP contribution in [0.2, 0.25) is 0 Å². The van der Waals surface area contributed by atoms with Crippen molar-refractivity contribution in [3.63, 3.8) is 0 Å². The molecule has 2 aliphatic rings. The van der Waals surface area contributed by atoms with E-state index in [9.17, 15) is 13.2 Å².